The lowest BCUT2D eigenvalue weighted by atomic mass is 10.3. The Morgan fingerprint density at radius 3 is 0.912 bits per heavy atom. The van der Waals surface area contributed by atoms with E-state index in [2.05, 4.69) is 29.9 Å². The molecule has 0 spiro atoms. The van der Waals surface area contributed by atoms with E-state index in [4.69, 9.17) is 0 Å². The van der Waals surface area contributed by atoms with Gasteiger partial charge in [-0.1, -0.05) is 18.2 Å². The van der Waals surface area contributed by atoms with Gasteiger partial charge in [0.1, 0.15) is 33.8 Å². The third kappa shape index (κ3) is 5.69. The zero-order valence-electron chi connectivity index (χ0n) is 17.8. The van der Waals surface area contributed by atoms with Crippen LogP contribution in [-0.4, -0.2) is 62.6 Å². The van der Waals surface area contributed by atoms with Gasteiger partial charge in [0.15, 0.2) is 0 Å². The van der Waals surface area contributed by atoms with E-state index >= 15 is 0 Å². The molecule has 0 saturated carbocycles. The van der Waals surface area contributed by atoms with Crippen LogP contribution in [0.15, 0.2) is 91.8 Å². The lowest BCUT2D eigenvalue weighted by Crippen LogP contribution is -1.80. The van der Waals surface area contributed by atoms with Gasteiger partial charge in [-0.05, 0) is 36.4 Å². The summed E-state index contributed by atoms with van der Waals surface area (Å²) >= 11 is 0. The van der Waals surface area contributed by atoms with E-state index in [-0.39, 0.29) is 34.6 Å². The molecule has 6 aromatic rings. The van der Waals surface area contributed by atoms with Gasteiger partial charge in [-0.15, -0.1) is 0 Å². The van der Waals surface area contributed by atoms with Crippen molar-refractivity contribution < 1.29 is 15.3 Å². The Morgan fingerprint density at radius 2 is 0.647 bits per heavy atom. The van der Waals surface area contributed by atoms with Crippen molar-refractivity contribution in [2.45, 2.75) is 0 Å². The standard InChI is InChI=1S/3C8H6N2O.Al/c3*11-7-3-1-2-6-8(7)10-5-4-9-6;/h3*1-5,11H;. The smallest absolute Gasteiger partial charge is 0.143 e. The molecule has 10 heteroatoms. The first-order chi connectivity index (χ1) is 16.1. The summed E-state index contributed by atoms with van der Waals surface area (Å²) in [5.41, 5.74) is 3.80. The SMILES string of the molecule is Oc1cccc2nccnc12.Oc1cccc2nccnc12.Oc1cccc2nccnc12.[Al]. The maximum Gasteiger partial charge on any atom is 0.143 e. The van der Waals surface area contributed by atoms with Gasteiger partial charge in [0.25, 0.3) is 0 Å². The molecule has 165 valence electrons. The molecular weight excluding hydrogens is 447 g/mol. The number of rotatable bonds is 0. The fourth-order valence-electron chi connectivity index (χ4n) is 2.93. The van der Waals surface area contributed by atoms with E-state index < -0.39 is 0 Å². The number of aromatic nitrogens is 6. The summed E-state index contributed by atoms with van der Waals surface area (Å²) < 4.78 is 0. The fourth-order valence-corrected chi connectivity index (χ4v) is 2.93. The first kappa shape index (κ1) is 24.3. The Morgan fingerprint density at radius 1 is 0.382 bits per heavy atom. The summed E-state index contributed by atoms with van der Waals surface area (Å²) in [5, 5.41) is 27.8. The Kier molecular flexibility index (Phi) is 8.18. The number of fused-ring (bicyclic) bond motifs is 3. The molecule has 0 aliphatic carbocycles. The molecule has 0 fully saturated rings. The topological polar surface area (TPSA) is 138 Å². The summed E-state index contributed by atoms with van der Waals surface area (Å²) in [5.74, 6) is 0.529. The second-order valence-corrected chi connectivity index (χ2v) is 6.60. The molecule has 0 bridgehead atoms. The minimum atomic E-state index is 0. The molecule has 0 unspecified atom stereocenters. The van der Waals surface area contributed by atoms with Gasteiger partial charge >= 0.3 is 0 Å². The number of aromatic hydroxyl groups is 3. The average Bonchev–Trinajstić information content (AvgIpc) is 2.86. The molecule has 3 N–H and O–H groups in total. The van der Waals surface area contributed by atoms with Crippen LogP contribution >= 0.6 is 0 Å². The van der Waals surface area contributed by atoms with E-state index in [1.807, 2.05) is 18.2 Å². The molecule has 0 atom stereocenters. The van der Waals surface area contributed by atoms with Crippen LogP contribution in [0, 0.1) is 0 Å². The average molecular weight is 465 g/mol. The molecular formula is C24H18AlN6O3. The van der Waals surface area contributed by atoms with Crippen molar-refractivity contribution in [3.8, 4) is 17.2 Å². The number of phenols is 3. The van der Waals surface area contributed by atoms with Crippen LogP contribution in [0.25, 0.3) is 33.1 Å². The Bertz CT molecular complexity index is 1330. The summed E-state index contributed by atoms with van der Waals surface area (Å²) in [6, 6.07) is 15.4. The van der Waals surface area contributed by atoms with E-state index in [0.717, 1.165) is 0 Å². The van der Waals surface area contributed by atoms with Gasteiger partial charge in [-0.3, -0.25) is 15.0 Å². The maximum atomic E-state index is 9.27. The van der Waals surface area contributed by atoms with Gasteiger partial charge in [0.2, 0.25) is 0 Å². The predicted octanol–water partition coefficient (Wildman–Crippen LogP) is 3.63. The number of nitrogens with zero attached hydrogens (tertiary/aromatic N) is 6. The highest BCUT2D eigenvalue weighted by atomic mass is 27.0. The van der Waals surface area contributed by atoms with Gasteiger partial charge in [0, 0.05) is 54.5 Å². The number of benzene rings is 3. The summed E-state index contributed by atoms with van der Waals surface area (Å²) in [6.45, 7) is 0. The normalized spacial score (nSPS) is 9.88. The van der Waals surface area contributed by atoms with Crippen LogP contribution in [0.2, 0.25) is 0 Å². The highest BCUT2D eigenvalue weighted by molar-refractivity contribution is 5.81. The molecule has 0 amide bonds. The van der Waals surface area contributed by atoms with Crippen LogP contribution < -0.4 is 0 Å². The molecule has 34 heavy (non-hydrogen) atoms. The lowest BCUT2D eigenvalue weighted by molar-refractivity contribution is 0.479. The van der Waals surface area contributed by atoms with E-state index in [0.29, 0.717) is 33.1 Å². The molecule has 3 radical (unpaired) electrons. The number of phenolic OH excluding ortho intramolecular Hbond substituents is 3. The quantitative estimate of drug-likeness (QED) is 0.287. The highest BCUT2D eigenvalue weighted by Crippen LogP contribution is 2.20. The lowest BCUT2D eigenvalue weighted by Gasteiger charge is -1.95. The van der Waals surface area contributed by atoms with E-state index in [1.54, 1.807) is 73.6 Å². The molecule has 9 nitrogen and oxygen atoms in total. The fraction of sp³-hybridized carbons (Fsp3) is 0. The monoisotopic (exact) mass is 465 g/mol. The van der Waals surface area contributed by atoms with Crippen molar-refractivity contribution in [3.63, 3.8) is 0 Å². The van der Waals surface area contributed by atoms with Gasteiger partial charge in [-0.2, -0.15) is 0 Å². The van der Waals surface area contributed by atoms with Crippen molar-refractivity contribution in [1.29, 1.82) is 0 Å². The Hall–Kier alpha value is -4.39. The van der Waals surface area contributed by atoms with Gasteiger partial charge < -0.3 is 15.3 Å². The van der Waals surface area contributed by atoms with Crippen molar-refractivity contribution in [1.82, 2.24) is 29.9 Å². The van der Waals surface area contributed by atoms with Crippen LogP contribution in [0.4, 0.5) is 0 Å². The minimum absolute atomic E-state index is 0. The van der Waals surface area contributed by atoms with Crippen molar-refractivity contribution in [3.05, 3.63) is 91.8 Å². The van der Waals surface area contributed by atoms with Gasteiger partial charge in [-0.25, -0.2) is 15.0 Å². The van der Waals surface area contributed by atoms with Crippen molar-refractivity contribution in [2.24, 2.45) is 0 Å². The minimum Gasteiger partial charge on any atom is -0.506 e. The largest absolute Gasteiger partial charge is 0.506 e. The van der Waals surface area contributed by atoms with Gasteiger partial charge in [0.05, 0.1) is 16.6 Å². The summed E-state index contributed by atoms with van der Waals surface area (Å²) in [4.78, 5) is 24.0. The molecule has 3 heterocycles. The second kappa shape index (κ2) is 11.5. The molecule has 3 aromatic carbocycles. The third-order valence-corrected chi connectivity index (χ3v) is 4.43. The zero-order chi connectivity index (χ0) is 23.0. The third-order valence-electron chi connectivity index (χ3n) is 4.43. The number of para-hydroxylation sites is 3. The summed E-state index contributed by atoms with van der Waals surface area (Å²) in [6.07, 6.45) is 9.47. The zero-order valence-corrected chi connectivity index (χ0v) is 18.9. The van der Waals surface area contributed by atoms with Crippen LogP contribution in [0.5, 0.6) is 17.2 Å². The van der Waals surface area contributed by atoms with Crippen LogP contribution in [-0.2, 0) is 0 Å². The van der Waals surface area contributed by atoms with Crippen molar-refractivity contribution in [2.75, 3.05) is 0 Å². The molecule has 3 aromatic heterocycles. The summed E-state index contributed by atoms with van der Waals surface area (Å²) in [7, 11) is 0. The maximum absolute atomic E-state index is 9.27. The predicted molar refractivity (Wildman–Crippen MR) is 129 cm³/mol. The Balaban J connectivity index is 0.000000141. The molecule has 6 rings (SSSR count). The van der Waals surface area contributed by atoms with E-state index in [1.165, 1.54) is 0 Å². The molecule has 0 saturated heterocycles. The van der Waals surface area contributed by atoms with Crippen LogP contribution in [0.1, 0.15) is 0 Å². The molecule has 0 aliphatic rings. The van der Waals surface area contributed by atoms with E-state index in [9.17, 15) is 15.3 Å². The Labute approximate surface area is 204 Å². The highest BCUT2D eigenvalue weighted by Gasteiger charge is 1.99. The first-order valence-electron chi connectivity index (χ1n) is 9.79. The van der Waals surface area contributed by atoms with Crippen LogP contribution in [0.3, 0.4) is 0 Å². The second-order valence-electron chi connectivity index (χ2n) is 6.60. The number of hydrogen-bond acceptors (Lipinski definition) is 9. The van der Waals surface area contributed by atoms with Crippen molar-refractivity contribution >= 4 is 50.5 Å². The molecule has 0 aliphatic heterocycles. The first-order valence-corrected chi connectivity index (χ1v) is 9.79. The number of hydrogen-bond donors (Lipinski definition) is 3.